The molecule has 0 aliphatic heterocycles. The van der Waals surface area contributed by atoms with Crippen molar-refractivity contribution in [2.24, 2.45) is 0 Å². The number of nitrogens with one attached hydrogen (secondary N) is 1. The Morgan fingerprint density at radius 2 is 2.00 bits per heavy atom. The van der Waals surface area contributed by atoms with Gasteiger partial charge >= 0.3 is 12.1 Å². The highest BCUT2D eigenvalue weighted by atomic mass is 19.4. The summed E-state index contributed by atoms with van der Waals surface area (Å²) in [7, 11) is 0. The van der Waals surface area contributed by atoms with Crippen LogP contribution in [0.5, 0.6) is 5.75 Å². The van der Waals surface area contributed by atoms with Crippen molar-refractivity contribution < 1.29 is 31.9 Å². The molecule has 1 heterocycles. The number of hydrogen-bond acceptors (Lipinski definition) is 4. The minimum absolute atomic E-state index is 0.279. The van der Waals surface area contributed by atoms with Crippen LogP contribution in [0.15, 0.2) is 28.9 Å². The fourth-order valence-corrected chi connectivity index (χ4v) is 1.36. The summed E-state index contributed by atoms with van der Waals surface area (Å²) in [5.74, 6) is -4.31. The number of carbonyl (C=O) groups excluding carboxylic acids is 1. The molecule has 0 fully saturated rings. The second-order valence-corrected chi connectivity index (χ2v) is 3.69. The Bertz CT molecular complexity index is 631. The summed E-state index contributed by atoms with van der Waals surface area (Å²) in [6, 6.07) is 2.53. The SMILES string of the molecule is O=C(Nc1coc(C(F)(F)F)n1)c1cc(O)cc(F)c1. The molecule has 5 nitrogen and oxygen atoms in total. The topological polar surface area (TPSA) is 75.4 Å². The molecular formula is C11H6F4N2O3. The number of halogens is 4. The molecule has 1 aromatic carbocycles. The predicted molar refractivity (Wildman–Crippen MR) is 57.5 cm³/mol. The Kier molecular flexibility index (Phi) is 3.35. The minimum Gasteiger partial charge on any atom is -0.508 e. The quantitative estimate of drug-likeness (QED) is 0.834. The molecule has 2 aromatic rings. The number of alkyl halides is 3. The first-order chi connectivity index (χ1) is 9.25. The first-order valence-electron chi connectivity index (χ1n) is 5.09. The third-order valence-electron chi connectivity index (χ3n) is 2.13. The lowest BCUT2D eigenvalue weighted by Gasteiger charge is -2.02. The highest BCUT2D eigenvalue weighted by Gasteiger charge is 2.37. The number of nitrogens with zero attached hydrogens (tertiary/aromatic N) is 1. The molecule has 0 aliphatic rings. The number of amides is 1. The molecule has 0 saturated carbocycles. The van der Waals surface area contributed by atoms with Crippen LogP contribution in [-0.2, 0) is 6.18 Å². The molecule has 0 unspecified atom stereocenters. The molecule has 0 spiro atoms. The van der Waals surface area contributed by atoms with Gasteiger partial charge in [0.2, 0.25) is 0 Å². The van der Waals surface area contributed by atoms with Crippen molar-refractivity contribution in [2.75, 3.05) is 5.32 Å². The zero-order valence-electron chi connectivity index (χ0n) is 9.53. The first kappa shape index (κ1) is 13.8. The van der Waals surface area contributed by atoms with Crippen molar-refractivity contribution in [1.82, 2.24) is 4.98 Å². The molecule has 0 saturated heterocycles. The number of phenols is 1. The lowest BCUT2D eigenvalue weighted by atomic mass is 10.2. The van der Waals surface area contributed by atoms with Gasteiger partial charge in [-0.05, 0) is 12.1 Å². The van der Waals surface area contributed by atoms with Crippen LogP contribution in [0, 0.1) is 5.82 Å². The van der Waals surface area contributed by atoms with E-state index in [1.807, 2.05) is 5.32 Å². The number of aromatic nitrogens is 1. The van der Waals surface area contributed by atoms with Crippen LogP contribution in [0.1, 0.15) is 16.2 Å². The summed E-state index contributed by atoms with van der Waals surface area (Å²) in [5, 5.41) is 11.1. The number of benzene rings is 1. The van der Waals surface area contributed by atoms with Gasteiger partial charge in [0.05, 0.1) is 0 Å². The van der Waals surface area contributed by atoms with Gasteiger partial charge in [-0.15, -0.1) is 0 Å². The highest BCUT2D eigenvalue weighted by molar-refractivity contribution is 6.03. The maximum absolute atomic E-state index is 13.0. The minimum atomic E-state index is -4.78. The molecular weight excluding hydrogens is 284 g/mol. The number of aromatic hydroxyl groups is 1. The molecule has 1 amide bonds. The average molecular weight is 290 g/mol. The molecule has 0 atom stereocenters. The van der Waals surface area contributed by atoms with Crippen LogP contribution in [-0.4, -0.2) is 16.0 Å². The molecule has 1 aromatic heterocycles. The number of carbonyl (C=O) groups is 1. The van der Waals surface area contributed by atoms with E-state index in [1.54, 1.807) is 0 Å². The maximum atomic E-state index is 13.0. The fourth-order valence-electron chi connectivity index (χ4n) is 1.36. The van der Waals surface area contributed by atoms with Gasteiger partial charge in [-0.1, -0.05) is 0 Å². The van der Waals surface area contributed by atoms with E-state index in [0.29, 0.717) is 6.26 Å². The van der Waals surface area contributed by atoms with Gasteiger partial charge in [0.25, 0.3) is 5.91 Å². The summed E-state index contributed by atoms with van der Waals surface area (Å²) in [6.07, 6.45) is -4.18. The van der Waals surface area contributed by atoms with Gasteiger partial charge in [0.15, 0.2) is 5.82 Å². The number of hydrogen-bond donors (Lipinski definition) is 2. The van der Waals surface area contributed by atoms with Crippen LogP contribution < -0.4 is 5.32 Å². The number of oxazole rings is 1. The monoisotopic (exact) mass is 290 g/mol. The predicted octanol–water partition coefficient (Wildman–Crippen LogP) is 2.79. The Morgan fingerprint density at radius 1 is 1.30 bits per heavy atom. The van der Waals surface area contributed by atoms with E-state index in [-0.39, 0.29) is 5.56 Å². The van der Waals surface area contributed by atoms with Gasteiger partial charge in [0.1, 0.15) is 17.8 Å². The van der Waals surface area contributed by atoms with Gasteiger partial charge in [-0.2, -0.15) is 18.2 Å². The van der Waals surface area contributed by atoms with Crippen LogP contribution in [0.25, 0.3) is 0 Å². The van der Waals surface area contributed by atoms with E-state index in [1.165, 1.54) is 0 Å². The van der Waals surface area contributed by atoms with Crippen molar-refractivity contribution in [3.05, 3.63) is 41.7 Å². The molecule has 9 heteroatoms. The lowest BCUT2D eigenvalue weighted by Crippen LogP contribution is -2.13. The van der Waals surface area contributed by atoms with Crippen molar-refractivity contribution in [2.45, 2.75) is 6.18 Å². The molecule has 2 rings (SSSR count). The second-order valence-electron chi connectivity index (χ2n) is 3.69. The van der Waals surface area contributed by atoms with E-state index in [2.05, 4.69) is 9.40 Å². The molecule has 0 bridgehead atoms. The first-order valence-corrected chi connectivity index (χ1v) is 5.09. The van der Waals surface area contributed by atoms with Crippen molar-refractivity contribution in [3.8, 4) is 5.75 Å². The summed E-state index contributed by atoms with van der Waals surface area (Å²) in [4.78, 5) is 14.6. The van der Waals surface area contributed by atoms with Crippen LogP contribution in [0.3, 0.4) is 0 Å². The van der Waals surface area contributed by atoms with Crippen molar-refractivity contribution in [1.29, 1.82) is 0 Å². The van der Waals surface area contributed by atoms with Crippen LogP contribution in [0.2, 0.25) is 0 Å². The third kappa shape index (κ3) is 3.05. The van der Waals surface area contributed by atoms with Crippen molar-refractivity contribution >= 4 is 11.7 Å². The van der Waals surface area contributed by atoms with E-state index in [9.17, 15) is 22.4 Å². The molecule has 2 N–H and O–H groups in total. The molecule has 0 aliphatic carbocycles. The number of rotatable bonds is 2. The summed E-state index contributed by atoms with van der Waals surface area (Å²) in [6.45, 7) is 0. The third-order valence-corrected chi connectivity index (χ3v) is 2.13. The van der Waals surface area contributed by atoms with E-state index < -0.39 is 35.4 Å². The Labute approximate surface area is 108 Å². The van der Waals surface area contributed by atoms with E-state index in [4.69, 9.17) is 5.11 Å². The van der Waals surface area contributed by atoms with Crippen molar-refractivity contribution in [3.63, 3.8) is 0 Å². The highest BCUT2D eigenvalue weighted by Crippen LogP contribution is 2.29. The zero-order chi connectivity index (χ0) is 14.9. The Balaban J connectivity index is 2.17. The fraction of sp³-hybridized carbons (Fsp3) is 0.0909. The van der Waals surface area contributed by atoms with Gasteiger partial charge in [-0.3, -0.25) is 4.79 Å². The lowest BCUT2D eigenvalue weighted by molar-refractivity contribution is -0.157. The zero-order valence-corrected chi connectivity index (χ0v) is 9.53. The number of phenolic OH excluding ortho intramolecular Hbond substituents is 1. The van der Waals surface area contributed by atoms with Crippen LogP contribution >= 0.6 is 0 Å². The standard InChI is InChI=1S/C11H6F4N2O3/c12-6-1-5(2-7(18)3-6)9(19)16-8-4-20-10(17-8)11(13,14)15/h1-4,18H,(H,16,19). The summed E-state index contributed by atoms with van der Waals surface area (Å²) in [5.41, 5.74) is -0.279. The Hall–Kier alpha value is -2.58. The number of anilines is 1. The van der Waals surface area contributed by atoms with E-state index in [0.717, 1.165) is 18.2 Å². The molecule has 20 heavy (non-hydrogen) atoms. The van der Waals surface area contributed by atoms with Gasteiger partial charge in [-0.25, -0.2) is 4.39 Å². The summed E-state index contributed by atoms with van der Waals surface area (Å²) < 4.78 is 53.8. The molecule has 106 valence electrons. The second kappa shape index (κ2) is 4.83. The Morgan fingerprint density at radius 3 is 2.55 bits per heavy atom. The van der Waals surface area contributed by atoms with Crippen LogP contribution in [0.4, 0.5) is 23.4 Å². The largest absolute Gasteiger partial charge is 0.508 e. The van der Waals surface area contributed by atoms with Gasteiger partial charge in [0, 0.05) is 11.6 Å². The summed E-state index contributed by atoms with van der Waals surface area (Å²) >= 11 is 0. The average Bonchev–Trinajstić information content (AvgIpc) is 2.75. The van der Waals surface area contributed by atoms with Gasteiger partial charge < -0.3 is 14.8 Å². The molecule has 0 radical (unpaired) electrons. The van der Waals surface area contributed by atoms with E-state index >= 15 is 0 Å². The maximum Gasteiger partial charge on any atom is 0.469 e. The normalized spacial score (nSPS) is 11.4. The smallest absolute Gasteiger partial charge is 0.469 e.